The lowest BCUT2D eigenvalue weighted by molar-refractivity contribution is -0.124. The maximum atomic E-state index is 11.6. The fraction of sp³-hybridized carbons (Fsp3) is 0.917. The highest BCUT2D eigenvalue weighted by Crippen LogP contribution is 2.41. The van der Waals surface area contributed by atoms with E-state index in [2.05, 4.69) is 12.2 Å². The minimum Gasteiger partial charge on any atom is -0.368 e. The fourth-order valence-electron chi connectivity index (χ4n) is 2.05. The second kappa shape index (κ2) is 6.50. The average molecular weight is 244 g/mol. The molecule has 1 fully saturated rings. The Hall–Kier alpha value is -0.220. The van der Waals surface area contributed by atoms with E-state index < -0.39 is 5.54 Å². The van der Waals surface area contributed by atoms with Gasteiger partial charge in [0.2, 0.25) is 5.91 Å². The molecule has 1 aliphatic carbocycles. The molecule has 0 heterocycles. The van der Waals surface area contributed by atoms with Crippen LogP contribution in [0.2, 0.25) is 0 Å². The molecule has 0 saturated heterocycles. The molecule has 1 amide bonds. The summed E-state index contributed by atoms with van der Waals surface area (Å²) in [5.41, 5.74) is 5.10. The van der Waals surface area contributed by atoms with Crippen molar-refractivity contribution in [2.75, 3.05) is 18.6 Å². The van der Waals surface area contributed by atoms with Crippen molar-refractivity contribution in [1.82, 2.24) is 5.32 Å². The Labute approximate surface area is 103 Å². The molecule has 16 heavy (non-hydrogen) atoms. The summed E-state index contributed by atoms with van der Waals surface area (Å²) < 4.78 is 0. The number of rotatable bonds is 9. The Balaban J connectivity index is 2.35. The summed E-state index contributed by atoms with van der Waals surface area (Å²) in [6.45, 7) is 2.20. The van der Waals surface area contributed by atoms with E-state index in [1.807, 2.05) is 18.8 Å². The second-order valence-electron chi connectivity index (χ2n) is 4.62. The molecule has 1 saturated carbocycles. The first-order valence-corrected chi connectivity index (χ1v) is 7.39. The molecular weight excluding hydrogens is 220 g/mol. The SMILES string of the molecule is CCCCCSCC(NC)(C(N)=O)C1CC1. The lowest BCUT2D eigenvalue weighted by Gasteiger charge is -2.30. The summed E-state index contributed by atoms with van der Waals surface area (Å²) >= 11 is 1.86. The third-order valence-electron chi connectivity index (χ3n) is 3.38. The number of nitrogens with one attached hydrogen (secondary N) is 1. The maximum absolute atomic E-state index is 11.6. The van der Waals surface area contributed by atoms with E-state index >= 15 is 0 Å². The van der Waals surface area contributed by atoms with Crippen LogP contribution in [-0.2, 0) is 4.79 Å². The fourth-order valence-corrected chi connectivity index (χ4v) is 3.45. The monoisotopic (exact) mass is 244 g/mol. The summed E-state index contributed by atoms with van der Waals surface area (Å²) in [5.74, 6) is 2.25. The third-order valence-corrected chi connectivity index (χ3v) is 4.62. The first-order valence-electron chi connectivity index (χ1n) is 6.24. The average Bonchev–Trinajstić information content (AvgIpc) is 3.07. The van der Waals surface area contributed by atoms with Crippen LogP contribution in [0.1, 0.15) is 39.0 Å². The standard InChI is InChI=1S/C12H24N2OS/c1-3-4-5-8-16-9-12(14-2,11(13)15)10-6-7-10/h10,14H,3-9H2,1-2H3,(H2,13,15). The van der Waals surface area contributed by atoms with Gasteiger partial charge in [0.1, 0.15) is 5.54 Å². The van der Waals surface area contributed by atoms with E-state index in [-0.39, 0.29) is 5.91 Å². The van der Waals surface area contributed by atoms with E-state index in [1.54, 1.807) is 0 Å². The third kappa shape index (κ3) is 3.39. The molecule has 0 aliphatic heterocycles. The van der Waals surface area contributed by atoms with Crippen molar-refractivity contribution >= 4 is 17.7 Å². The van der Waals surface area contributed by atoms with Crippen LogP contribution >= 0.6 is 11.8 Å². The van der Waals surface area contributed by atoms with Crippen molar-refractivity contribution < 1.29 is 4.79 Å². The van der Waals surface area contributed by atoms with E-state index in [0.717, 1.165) is 24.3 Å². The number of unbranched alkanes of at least 4 members (excludes halogenated alkanes) is 2. The summed E-state index contributed by atoms with van der Waals surface area (Å²) in [6.07, 6.45) is 6.04. The molecule has 0 aromatic rings. The van der Waals surface area contributed by atoms with E-state index in [1.165, 1.54) is 19.3 Å². The van der Waals surface area contributed by atoms with E-state index in [9.17, 15) is 4.79 Å². The van der Waals surface area contributed by atoms with Crippen LogP contribution in [0.3, 0.4) is 0 Å². The summed E-state index contributed by atoms with van der Waals surface area (Å²) in [6, 6.07) is 0. The van der Waals surface area contributed by atoms with Gasteiger partial charge in [-0.3, -0.25) is 4.79 Å². The number of amides is 1. The molecule has 1 aliphatic rings. The predicted molar refractivity (Wildman–Crippen MR) is 70.6 cm³/mol. The summed E-state index contributed by atoms with van der Waals surface area (Å²) in [4.78, 5) is 11.6. The molecule has 0 radical (unpaired) electrons. The first kappa shape index (κ1) is 13.8. The van der Waals surface area contributed by atoms with Crippen LogP contribution in [-0.4, -0.2) is 30.0 Å². The minimum atomic E-state index is -0.448. The van der Waals surface area contributed by atoms with Gasteiger partial charge < -0.3 is 11.1 Å². The Bertz CT molecular complexity index is 231. The quantitative estimate of drug-likeness (QED) is 0.608. The van der Waals surface area contributed by atoms with Crippen molar-refractivity contribution in [3.05, 3.63) is 0 Å². The topological polar surface area (TPSA) is 55.1 Å². The Kier molecular flexibility index (Phi) is 5.62. The summed E-state index contributed by atoms with van der Waals surface area (Å²) in [7, 11) is 1.86. The maximum Gasteiger partial charge on any atom is 0.238 e. The second-order valence-corrected chi connectivity index (χ2v) is 5.72. The molecule has 1 unspecified atom stereocenters. The van der Waals surface area contributed by atoms with Gasteiger partial charge in [-0.25, -0.2) is 0 Å². The smallest absolute Gasteiger partial charge is 0.238 e. The molecule has 0 spiro atoms. The highest BCUT2D eigenvalue weighted by molar-refractivity contribution is 7.99. The molecule has 3 N–H and O–H groups in total. The lowest BCUT2D eigenvalue weighted by atomic mass is 9.95. The minimum absolute atomic E-state index is 0.180. The van der Waals surface area contributed by atoms with Crippen LogP contribution < -0.4 is 11.1 Å². The Morgan fingerprint density at radius 2 is 2.19 bits per heavy atom. The zero-order valence-electron chi connectivity index (χ0n) is 10.4. The number of primary amides is 1. The molecule has 0 aromatic carbocycles. The first-order chi connectivity index (χ1) is 7.67. The van der Waals surface area contributed by atoms with E-state index in [4.69, 9.17) is 5.73 Å². The molecular formula is C12H24N2OS. The van der Waals surface area contributed by atoms with Crippen molar-refractivity contribution in [2.24, 2.45) is 11.7 Å². The van der Waals surface area contributed by atoms with Crippen molar-refractivity contribution in [3.63, 3.8) is 0 Å². The predicted octanol–water partition coefficient (Wildman–Crippen LogP) is 1.76. The van der Waals surface area contributed by atoms with Crippen LogP contribution in [0.25, 0.3) is 0 Å². The molecule has 94 valence electrons. The van der Waals surface area contributed by atoms with Crippen LogP contribution in [0.5, 0.6) is 0 Å². The molecule has 4 heteroatoms. The largest absolute Gasteiger partial charge is 0.368 e. The van der Waals surface area contributed by atoms with Crippen LogP contribution in [0.15, 0.2) is 0 Å². The van der Waals surface area contributed by atoms with E-state index in [0.29, 0.717) is 5.92 Å². The van der Waals surface area contributed by atoms with Crippen LogP contribution in [0, 0.1) is 5.92 Å². The van der Waals surface area contributed by atoms with Gasteiger partial charge in [0.15, 0.2) is 0 Å². The number of likely N-dealkylation sites (N-methyl/N-ethyl adjacent to an activating group) is 1. The van der Waals surface area contributed by atoms with Gasteiger partial charge in [-0.2, -0.15) is 11.8 Å². The number of thioether (sulfide) groups is 1. The van der Waals surface area contributed by atoms with Gasteiger partial charge >= 0.3 is 0 Å². The molecule has 3 nitrogen and oxygen atoms in total. The molecule has 0 aromatic heterocycles. The number of nitrogens with two attached hydrogens (primary N) is 1. The van der Waals surface area contributed by atoms with Gasteiger partial charge in [0.25, 0.3) is 0 Å². The number of hydrogen-bond donors (Lipinski definition) is 2. The van der Waals surface area contributed by atoms with Gasteiger partial charge in [0.05, 0.1) is 0 Å². The number of carbonyl (C=O) groups is 1. The van der Waals surface area contributed by atoms with Gasteiger partial charge in [-0.05, 0) is 38.0 Å². The number of carbonyl (C=O) groups excluding carboxylic acids is 1. The van der Waals surface area contributed by atoms with Crippen LogP contribution in [0.4, 0.5) is 0 Å². The highest BCUT2D eigenvalue weighted by Gasteiger charge is 2.48. The zero-order valence-corrected chi connectivity index (χ0v) is 11.2. The highest BCUT2D eigenvalue weighted by atomic mass is 32.2. The molecule has 1 atom stereocenters. The Morgan fingerprint density at radius 1 is 1.50 bits per heavy atom. The van der Waals surface area contributed by atoms with Crippen molar-refractivity contribution in [1.29, 1.82) is 0 Å². The molecule has 0 bridgehead atoms. The lowest BCUT2D eigenvalue weighted by Crippen LogP contribution is -2.58. The van der Waals surface area contributed by atoms with Gasteiger partial charge in [-0.15, -0.1) is 0 Å². The van der Waals surface area contributed by atoms with Gasteiger partial charge in [0, 0.05) is 5.75 Å². The van der Waals surface area contributed by atoms with Gasteiger partial charge in [-0.1, -0.05) is 19.8 Å². The zero-order chi connectivity index (χ0) is 12.0. The normalized spacial score (nSPS) is 19.4. The van der Waals surface area contributed by atoms with Crippen molar-refractivity contribution in [3.8, 4) is 0 Å². The Morgan fingerprint density at radius 3 is 2.62 bits per heavy atom. The summed E-state index contributed by atoms with van der Waals surface area (Å²) in [5, 5.41) is 3.17. The molecule has 1 rings (SSSR count). The number of hydrogen-bond acceptors (Lipinski definition) is 3. The van der Waals surface area contributed by atoms with Crippen molar-refractivity contribution in [2.45, 2.75) is 44.6 Å².